The van der Waals surface area contributed by atoms with Crippen molar-refractivity contribution in [3.05, 3.63) is 77.5 Å². The molecule has 0 saturated heterocycles. The van der Waals surface area contributed by atoms with Gasteiger partial charge in [-0.05, 0) is 23.8 Å². The minimum atomic E-state index is -0.354. The van der Waals surface area contributed by atoms with Crippen molar-refractivity contribution in [2.24, 2.45) is 0 Å². The first-order chi connectivity index (χ1) is 10.8. The lowest BCUT2D eigenvalue weighted by molar-refractivity contribution is 0.0603. The molecule has 3 rings (SSSR count). The summed E-state index contributed by atoms with van der Waals surface area (Å²) in [6.07, 6.45) is 3.87. The molecule has 0 spiro atoms. The van der Waals surface area contributed by atoms with Crippen LogP contribution in [0.15, 0.2) is 60.7 Å². The van der Waals surface area contributed by atoms with Crippen molar-refractivity contribution in [1.82, 2.24) is 4.98 Å². The standard InChI is InChI=1S/C19H15NO2/c1-22-19(21)17-13-15(12-11-14-7-3-2-4-8-14)20-18-10-6-5-9-16(17)18/h2-13H,1H3. The zero-order valence-corrected chi connectivity index (χ0v) is 12.2. The number of esters is 1. The summed E-state index contributed by atoms with van der Waals surface area (Å²) in [4.78, 5) is 16.6. The summed E-state index contributed by atoms with van der Waals surface area (Å²) < 4.78 is 4.87. The smallest absolute Gasteiger partial charge is 0.338 e. The van der Waals surface area contributed by atoms with E-state index in [0.717, 1.165) is 22.2 Å². The molecule has 0 aliphatic rings. The van der Waals surface area contributed by atoms with Crippen LogP contribution in [0.2, 0.25) is 0 Å². The lowest BCUT2D eigenvalue weighted by Crippen LogP contribution is -2.03. The Labute approximate surface area is 128 Å². The summed E-state index contributed by atoms with van der Waals surface area (Å²) in [5.74, 6) is -0.354. The van der Waals surface area contributed by atoms with E-state index in [1.165, 1.54) is 7.11 Å². The van der Waals surface area contributed by atoms with Gasteiger partial charge in [-0.2, -0.15) is 0 Å². The van der Waals surface area contributed by atoms with Gasteiger partial charge in [0.1, 0.15) is 0 Å². The van der Waals surface area contributed by atoms with Gasteiger partial charge in [-0.15, -0.1) is 0 Å². The fraction of sp³-hybridized carbons (Fsp3) is 0.0526. The molecular formula is C19H15NO2. The molecule has 0 atom stereocenters. The molecule has 3 heteroatoms. The van der Waals surface area contributed by atoms with Crippen molar-refractivity contribution in [3.63, 3.8) is 0 Å². The van der Waals surface area contributed by atoms with Crippen molar-refractivity contribution < 1.29 is 9.53 Å². The first kappa shape index (κ1) is 14.0. The number of aromatic nitrogens is 1. The van der Waals surface area contributed by atoms with Crippen LogP contribution in [-0.4, -0.2) is 18.1 Å². The minimum Gasteiger partial charge on any atom is -0.465 e. The summed E-state index contributed by atoms with van der Waals surface area (Å²) in [7, 11) is 1.39. The number of pyridine rings is 1. The number of hydrogen-bond donors (Lipinski definition) is 0. The van der Waals surface area contributed by atoms with Gasteiger partial charge < -0.3 is 4.74 Å². The summed E-state index contributed by atoms with van der Waals surface area (Å²) in [6, 6.07) is 19.3. The van der Waals surface area contributed by atoms with Gasteiger partial charge in [-0.25, -0.2) is 9.78 Å². The summed E-state index contributed by atoms with van der Waals surface area (Å²) in [6.45, 7) is 0. The first-order valence-corrected chi connectivity index (χ1v) is 6.99. The van der Waals surface area contributed by atoms with Crippen LogP contribution in [0.5, 0.6) is 0 Å². The average Bonchev–Trinajstić information content (AvgIpc) is 2.59. The number of hydrogen-bond acceptors (Lipinski definition) is 3. The van der Waals surface area contributed by atoms with Gasteiger partial charge in [0.25, 0.3) is 0 Å². The molecule has 3 nitrogen and oxygen atoms in total. The number of fused-ring (bicyclic) bond motifs is 1. The molecule has 0 aliphatic carbocycles. The van der Waals surface area contributed by atoms with E-state index in [1.54, 1.807) is 6.07 Å². The Morgan fingerprint density at radius 2 is 1.73 bits per heavy atom. The maximum absolute atomic E-state index is 12.0. The van der Waals surface area contributed by atoms with Crippen LogP contribution in [0.4, 0.5) is 0 Å². The number of ether oxygens (including phenoxy) is 1. The maximum atomic E-state index is 12.0. The third kappa shape index (κ3) is 2.88. The second-order valence-corrected chi connectivity index (χ2v) is 4.85. The average molecular weight is 289 g/mol. The Bertz CT molecular complexity index is 838. The second kappa shape index (κ2) is 6.22. The molecule has 22 heavy (non-hydrogen) atoms. The number of benzene rings is 2. The van der Waals surface area contributed by atoms with Crippen LogP contribution >= 0.6 is 0 Å². The Hall–Kier alpha value is -2.94. The van der Waals surface area contributed by atoms with E-state index < -0.39 is 0 Å². The fourth-order valence-corrected chi connectivity index (χ4v) is 2.31. The molecule has 0 N–H and O–H groups in total. The second-order valence-electron chi connectivity index (χ2n) is 4.85. The summed E-state index contributed by atoms with van der Waals surface area (Å²) in [5.41, 5.74) is 3.11. The number of nitrogens with zero attached hydrogens (tertiary/aromatic N) is 1. The molecule has 0 amide bonds. The van der Waals surface area contributed by atoms with Gasteiger partial charge in [0, 0.05) is 5.39 Å². The van der Waals surface area contributed by atoms with Crippen molar-refractivity contribution >= 4 is 29.0 Å². The van der Waals surface area contributed by atoms with E-state index in [-0.39, 0.29) is 5.97 Å². The van der Waals surface area contributed by atoms with E-state index in [9.17, 15) is 4.79 Å². The Morgan fingerprint density at radius 1 is 1.00 bits per heavy atom. The lowest BCUT2D eigenvalue weighted by atomic mass is 10.1. The first-order valence-electron chi connectivity index (χ1n) is 6.99. The van der Waals surface area contributed by atoms with Gasteiger partial charge >= 0.3 is 5.97 Å². The number of carbonyl (C=O) groups excluding carboxylic acids is 1. The topological polar surface area (TPSA) is 39.2 Å². The predicted octanol–water partition coefficient (Wildman–Crippen LogP) is 4.19. The Morgan fingerprint density at radius 3 is 2.50 bits per heavy atom. The highest BCUT2D eigenvalue weighted by Crippen LogP contribution is 2.20. The van der Waals surface area contributed by atoms with Gasteiger partial charge in [-0.1, -0.05) is 54.6 Å². The lowest BCUT2D eigenvalue weighted by Gasteiger charge is -2.06. The molecule has 0 radical (unpaired) electrons. The molecule has 1 aromatic heterocycles. The largest absolute Gasteiger partial charge is 0.465 e. The van der Waals surface area contributed by atoms with Crippen LogP contribution in [0.25, 0.3) is 23.1 Å². The number of methoxy groups -OCH3 is 1. The number of para-hydroxylation sites is 1. The van der Waals surface area contributed by atoms with Crippen molar-refractivity contribution in [2.75, 3.05) is 7.11 Å². The molecular weight excluding hydrogens is 274 g/mol. The van der Waals surface area contributed by atoms with Gasteiger partial charge in [-0.3, -0.25) is 0 Å². The zero-order valence-electron chi connectivity index (χ0n) is 12.2. The molecule has 0 fully saturated rings. The normalized spacial score (nSPS) is 11.0. The van der Waals surface area contributed by atoms with E-state index in [2.05, 4.69) is 4.98 Å². The van der Waals surface area contributed by atoms with Crippen LogP contribution < -0.4 is 0 Å². The molecule has 0 saturated carbocycles. The molecule has 3 aromatic rings. The maximum Gasteiger partial charge on any atom is 0.338 e. The highest BCUT2D eigenvalue weighted by molar-refractivity contribution is 6.04. The fourth-order valence-electron chi connectivity index (χ4n) is 2.31. The molecule has 108 valence electrons. The SMILES string of the molecule is COC(=O)c1cc(C=Cc2ccccc2)nc2ccccc12. The minimum absolute atomic E-state index is 0.354. The molecule has 0 bridgehead atoms. The number of rotatable bonds is 3. The summed E-state index contributed by atoms with van der Waals surface area (Å²) in [5, 5.41) is 0.797. The highest BCUT2D eigenvalue weighted by Gasteiger charge is 2.12. The Balaban J connectivity index is 2.07. The number of carbonyl (C=O) groups is 1. The van der Waals surface area contributed by atoms with E-state index in [4.69, 9.17) is 4.74 Å². The van der Waals surface area contributed by atoms with Gasteiger partial charge in [0.2, 0.25) is 0 Å². The van der Waals surface area contributed by atoms with Crippen LogP contribution in [0.1, 0.15) is 21.6 Å². The molecule has 1 heterocycles. The van der Waals surface area contributed by atoms with Crippen molar-refractivity contribution in [1.29, 1.82) is 0 Å². The Kier molecular flexibility index (Phi) is 3.97. The molecule has 2 aromatic carbocycles. The quantitative estimate of drug-likeness (QED) is 0.679. The van der Waals surface area contributed by atoms with E-state index in [0.29, 0.717) is 5.56 Å². The van der Waals surface area contributed by atoms with Crippen molar-refractivity contribution in [3.8, 4) is 0 Å². The monoisotopic (exact) mass is 289 g/mol. The van der Waals surface area contributed by atoms with Gasteiger partial charge in [0.05, 0.1) is 23.9 Å². The predicted molar refractivity (Wildman–Crippen MR) is 88.5 cm³/mol. The molecule has 0 unspecified atom stereocenters. The molecule has 0 aliphatic heterocycles. The van der Waals surface area contributed by atoms with Crippen LogP contribution in [0.3, 0.4) is 0 Å². The van der Waals surface area contributed by atoms with Crippen molar-refractivity contribution in [2.45, 2.75) is 0 Å². The van der Waals surface area contributed by atoms with E-state index in [1.807, 2.05) is 66.7 Å². The third-order valence-electron chi connectivity index (χ3n) is 3.39. The zero-order chi connectivity index (χ0) is 15.4. The highest BCUT2D eigenvalue weighted by atomic mass is 16.5. The van der Waals surface area contributed by atoms with Crippen LogP contribution in [0, 0.1) is 0 Å². The third-order valence-corrected chi connectivity index (χ3v) is 3.39. The van der Waals surface area contributed by atoms with Crippen LogP contribution in [-0.2, 0) is 4.74 Å². The van der Waals surface area contributed by atoms with Gasteiger partial charge in [0.15, 0.2) is 0 Å². The summed E-state index contributed by atoms with van der Waals surface area (Å²) >= 11 is 0. The van der Waals surface area contributed by atoms with E-state index >= 15 is 0 Å².